The van der Waals surface area contributed by atoms with Crippen molar-refractivity contribution in [2.45, 2.75) is 6.92 Å². The van der Waals surface area contributed by atoms with Crippen molar-refractivity contribution >= 4 is 11.8 Å². The molecule has 0 atom stereocenters. The van der Waals surface area contributed by atoms with Crippen LogP contribution in [-0.4, -0.2) is 16.2 Å². The van der Waals surface area contributed by atoms with Gasteiger partial charge in [-0.1, -0.05) is 0 Å². The van der Waals surface area contributed by atoms with Gasteiger partial charge in [-0.15, -0.1) is 5.10 Å². The van der Waals surface area contributed by atoms with Gasteiger partial charge >= 0.3 is 6.03 Å². The summed E-state index contributed by atoms with van der Waals surface area (Å²) in [6.07, 6.45) is 0. The van der Waals surface area contributed by atoms with Gasteiger partial charge in [0.25, 0.3) is 0 Å². The van der Waals surface area contributed by atoms with Crippen molar-refractivity contribution in [2.75, 3.05) is 5.43 Å². The Morgan fingerprint density at radius 1 is 1.50 bits per heavy atom. The van der Waals surface area contributed by atoms with E-state index >= 15 is 0 Å². The second kappa shape index (κ2) is 3.51. The molecule has 1 rings (SSSR count). The molecule has 0 unspecified atom stereocenters. The van der Waals surface area contributed by atoms with E-state index in [2.05, 4.69) is 21.0 Å². The van der Waals surface area contributed by atoms with Crippen LogP contribution in [0.25, 0.3) is 0 Å². The van der Waals surface area contributed by atoms with E-state index in [1.807, 2.05) is 6.92 Å². The Balaban J connectivity index is 2.53. The number of anilines is 1. The number of rotatable bonds is 2. The van der Waals surface area contributed by atoms with Crippen LogP contribution in [0.2, 0.25) is 0 Å². The molecule has 1 aromatic rings. The topological polar surface area (TPSA) is 92.9 Å². The molecule has 6 nitrogen and oxygen atoms in total. The quantitative estimate of drug-likeness (QED) is 0.531. The molecule has 12 heavy (non-hydrogen) atoms. The maximum absolute atomic E-state index is 10.2. The number of nitrogens with two attached hydrogens (primary N) is 1. The van der Waals surface area contributed by atoms with Crippen LogP contribution >= 0.6 is 0 Å². The van der Waals surface area contributed by atoms with E-state index in [9.17, 15) is 4.79 Å². The molecule has 0 spiro atoms. The maximum Gasteiger partial charge on any atom is 0.330 e. The van der Waals surface area contributed by atoms with Crippen molar-refractivity contribution in [3.63, 3.8) is 0 Å². The average molecular weight is 167 g/mol. The molecule has 1 heterocycles. The van der Waals surface area contributed by atoms with E-state index < -0.39 is 6.03 Å². The predicted octanol–water partition coefficient (Wildman–Crippen LogP) is -0.220. The standard InChI is InChI=1S/C6H9N5O/c1-4-2-3-5(9-8-4)10-11-6(7)12/h2-3H,1H3,(H,9,10)(H3,7,11,12). The number of hydrazine groups is 1. The molecular formula is C6H9N5O. The van der Waals surface area contributed by atoms with Crippen molar-refractivity contribution < 1.29 is 4.79 Å². The van der Waals surface area contributed by atoms with E-state index in [1.165, 1.54) is 0 Å². The summed E-state index contributed by atoms with van der Waals surface area (Å²) in [4.78, 5) is 10.2. The summed E-state index contributed by atoms with van der Waals surface area (Å²) in [7, 11) is 0. The van der Waals surface area contributed by atoms with Gasteiger partial charge in [0, 0.05) is 0 Å². The number of nitrogens with zero attached hydrogens (tertiary/aromatic N) is 2. The summed E-state index contributed by atoms with van der Waals surface area (Å²) >= 11 is 0. The van der Waals surface area contributed by atoms with Gasteiger partial charge in [-0.2, -0.15) is 5.10 Å². The van der Waals surface area contributed by atoms with E-state index in [-0.39, 0.29) is 0 Å². The first-order valence-electron chi connectivity index (χ1n) is 3.30. The first-order valence-corrected chi connectivity index (χ1v) is 3.30. The van der Waals surface area contributed by atoms with E-state index in [1.54, 1.807) is 12.1 Å². The highest BCUT2D eigenvalue weighted by Gasteiger charge is 1.93. The molecular weight excluding hydrogens is 158 g/mol. The minimum Gasteiger partial charge on any atom is -0.350 e. The van der Waals surface area contributed by atoms with Gasteiger partial charge in [-0.25, -0.2) is 4.79 Å². The first-order chi connectivity index (χ1) is 5.68. The zero-order valence-electron chi connectivity index (χ0n) is 6.53. The number of primary amides is 1. The van der Waals surface area contributed by atoms with Crippen LogP contribution in [0.3, 0.4) is 0 Å². The summed E-state index contributed by atoms with van der Waals surface area (Å²) in [5.74, 6) is 0.444. The van der Waals surface area contributed by atoms with Crippen LogP contribution in [0.4, 0.5) is 10.6 Å². The lowest BCUT2D eigenvalue weighted by atomic mass is 10.4. The number of carbonyl (C=O) groups is 1. The van der Waals surface area contributed by atoms with Gasteiger partial charge < -0.3 is 5.73 Å². The molecule has 64 valence electrons. The van der Waals surface area contributed by atoms with Gasteiger partial charge in [0.05, 0.1) is 5.69 Å². The van der Waals surface area contributed by atoms with Crippen LogP contribution in [0.5, 0.6) is 0 Å². The van der Waals surface area contributed by atoms with Gasteiger partial charge in [-0.05, 0) is 19.1 Å². The van der Waals surface area contributed by atoms with Gasteiger partial charge in [0.2, 0.25) is 0 Å². The third kappa shape index (κ3) is 2.41. The van der Waals surface area contributed by atoms with Crippen molar-refractivity contribution in [1.29, 1.82) is 0 Å². The molecule has 1 aromatic heterocycles. The number of carbonyl (C=O) groups excluding carboxylic acids is 1. The van der Waals surface area contributed by atoms with Gasteiger partial charge in [-0.3, -0.25) is 10.9 Å². The van der Waals surface area contributed by atoms with Crippen LogP contribution < -0.4 is 16.6 Å². The molecule has 0 aliphatic rings. The Morgan fingerprint density at radius 3 is 2.75 bits per heavy atom. The zero-order valence-corrected chi connectivity index (χ0v) is 6.53. The highest BCUT2D eigenvalue weighted by atomic mass is 16.2. The molecule has 0 aliphatic heterocycles. The third-order valence-corrected chi connectivity index (χ3v) is 1.11. The van der Waals surface area contributed by atoms with Crippen LogP contribution in [0, 0.1) is 6.92 Å². The fraction of sp³-hybridized carbons (Fsp3) is 0.167. The summed E-state index contributed by atoms with van der Waals surface area (Å²) in [5, 5.41) is 7.47. The molecule has 0 aromatic carbocycles. The molecule has 0 saturated heterocycles. The Morgan fingerprint density at radius 2 is 2.25 bits per heavy atom. The lowest BCUT2D eigenvalue weighted by molar-refractivity contribution is 0.250. The minimum absolute atomic E-state index is 0.444. The smallest absolute Gasteiger partial charge is 0.330 e. The summed E-state index contributed by atoms with van der Waals surface area (Å²) in [6.45, 7) is 1.82. The van der Waals surface area contributed by atoms with Crippen LogP contribution in [0.1, 0.15) is 5.69 Å². The summed E-state index contributed by atoms with van der Waals surface area (Å²) < 4.78 is 0. The molecule has 0 radical (unpaired) electrons. The van der Waals surface area contributed by atoms with Crippen molar-refractivity contribution in [3.05, 3.63) is 17.8 Å². The SMILES string of the molecule is Cc1ccc(NNC(N)=O)nn1. The molecule has 6 heteroatoms. The summed E-state index contributed by atoms with van der Waals surface area (Å²) in [5.41, 5.74) is 10.3. The number of aromatic nitrogens is 2. The number of aryl methyl sites for hydroxylation is 1. The zero-order chi connectivity index (χ0) is 8.97. The molecule has 4 N–H and O–H groups in total. The molecule has 0 bridgehead atoms. The van der Waals surface area contributed by atoms with Gasteiger partial charge in [0.15, 0.2) is 5.82 Å². The number of hydrogen-bond acceptors (Lipinski definition) is 4. The highest BCUT2D eigenvalue weighted by Crippen LogP contribution is 1.97. The fourth-order valence-electron chi connectivity index (χ4n) is 0.591. The van der Waals surface area contributed by atoms with Crippen LogP contribution in [-0.2, 0) is 0 Å². The molecule has 0 fully saturated rings. The first kappa shape index (κ1) is 8.25. The molecule has 0 aliphatic carbocycles. The van der Waals surface area contributed by atoms with E-state index in [0.29, 0.717) is 5.82 Å². The Hall–Kier alpha value is -1.85. The average Bonchev–Trinajstić information content (AvgIpc) is 2.03. The monoisotopic (exact) mass is 167 g/mol. The minimum atomic E-state index is -0.669. The fourth-order valence-corrected chi connectivity index (χ4v) is 0.591. The van der Waals surface area contributed by atoms with E-state index in [4.69, 9.17) is 5.73 Å². The Kier molecular flexibility index (Phi) is 2.42. The Bertz CT molecular complexity index is 270. The van der Waals surface area contributed by atoms with Crippen molar-refractivity contribution in [1.82, 2.24) is 15.6 Å². The van der Waals surface area contributed by atoms with Crippen molar-refractivity contribution in [2.24, 2.45) is 5.73 Å². The lowest BCUT2D eigenvalue weighted by Crippen LogP contribution is -2.34. The highest BCUT2D eigenvalue weighted by molar-refractivity contribution is 5.72. The third-order valence-electron chi connectivity index (χ3n) is 1.11. The van der Waals surface area contributed by atoms with Crippen LogP contribution in [0.15, 0.2) is 12.1 Å². The number of nitrogens with one attached hydrogen (secondary N) is 2. The van der Waals surface area contributed by atoms with E-state index in [0.717, 1.165) is 5.69 Å². The second-order valence-corrected chi connectivity index (χ2v) is 2.17. The Labute approximate surface area is 69.1 Å². The molecule has 0 saturated carbocycles. The number of amides is 2. The predicted molar refractivity (Wildman–Crippen MR) is 43.1 cm³/mol. The number of urea groups is 1. The maximum atomic E-state index is 10.2. The normalized spacial score (nSPS) is 9.08. The second-order valence-electron chi connectivity index (χ2n) is 2.17. The van der Waals surface area contributed by atoms with Crippen molar-refractivity contribution in [3.8, 4) is 0 Å². The number of hydrogen-bond donors (Lipinski definition) is 3. The van der Waals surface area contributed by atoms with Gasteiger partial charge in [0.1, 0.15) is 0 Å². The summed E-state index contributed by atoms with van der Waals surface area (Å²) in [6, 6.07) is 2.77. The largest absolute Gasteiger partial charge is 0.350 e. The lowest BCUT2D eigenvalue weighted by Gasteiger charge is -2.02. The molecule has 2 amide bonds.